The first-order valence-electron chi connectivity index (χ1n) is 7.66. The second kappa shape index (κ2) is 7.06. The van der Waals surface area contributed by atoms with Crippen LogP contribution in [-0.4, -0.2) is 40.9 Å². The van der Waals surface area contributed by atoms with E-state index in [9.17, 15) is 0 Å². The van der Waals surface area contributed by atoms with E-state index in [1.807, 2.05) is 10.9 Å². The quantitative estimate of drug-likeness (QED) is 0.821. The Bertz CT molecular complexity index is 368. The van der Waals surface area contributed by atoms with Gasteiger partial charge in [0.05, 0.1) is 6.20 Å². The van der Waals surface area contributed by atoms with Gasteiger partial charge in [0.1, 0.15) is 0 Å². The highest BCUT2D eigenvalue weighted by molar-refractivity contribution is 5.09. The van der Waals surface area contributed by atoms with Crippen LogP contribution in [0.1, 0.15) is 51.1 Å². The zero-order valence-electron chi connectivity index (χ0n) is 12.6. The van der Waals surface area contributed by atoms with Crippen LogP contribution >= 0.6 is 0 Å². The van der Waals surface area contributed by atoms with Crippen molar-refractivity contribution in [3.8, 4) is 0 Å². The molecule has 19 heavy (non-hydrogen) atoms. The maximum absolute atomic E-state index is 4.33. The van der Waals surface area contributed by atoms with E-state index in [0.29, 0.717) is 6.04 Å². The van der Waals surface area contributed by atoms with Crippen molar-refractivity contribution in [2.45, 2.75) is 58.2 Å². The highest BCUT2D eigenvalue weighted by Crippen LogP contribution is 2.21. The topological polar surface area (TPSA) is 33.1 Å². The van der Waals surface area contributed by atoms with Gasteiger partial charge >= 0.3 is 0 Å². The molecule has 1 N–H and O–H groups in total. The number of aromatic nitrogens is 2. The minimum absolute atomic E-state index is 0.386. The molecule has 1 aromatic rings. The van der Waals surface area contributed by atoms with Crippen molar-refractivity contribution in [3.63, 3.8) is 0 Å². The van der Waals surface area contributed by atoms with E-state index >= 15 is 0 Å². The van der Waals surface area contributed by atoms with Gasteiger partial charge in [-0.05, 0) is 33.7 Å². The summed E-state index contributed by atoms with van der Waals surface area (Å²) in [5, 5.41) is 7.92. The molecular weight excluding hydrogens is 236 g/mol. The fraction of sp³-hybridized carbons (Fsp3) is 0.800. The molecule has 108 valence electrons. The summed E-state index contributed by atoms with van der Waals surface area (Å²) in [6.07, 6.45) is 9.70. The molecule has 1 aromatic heterocycles. The van der Waals surface area contributed by atoms with Crippen molar-refractivity contribution in [1.82, 2.24) is 20.0 Å². The zero-order valence-corrected chi connectivity index (χ0v) is 12.6. The lowest BCUT2D eigenvalue weighted by atomic mass is 10.2. The van der Waals surface area contributed by atoms with Gasteiger partial charge in [0.15, 0.2) is 0 Å². The number of hydrogen-bond acceptors (Lipinski definition) is 3. The summed E-state index contributed by atoms with van der Waals surface area (Å²) in [5.74, 6) is 0. The van der Waals surface area contributed by atoms with Gasteiger partial charge in [0.2, 0.25) is 0 Å². The van der Waals surface area contributed by atoms with Gasteiger partial charge in [-0.15, -0.1) is 0 Å². The van der Waals surface area contributed by atoms with Crippen LogP contribution in [0.15, 0.2) is 12.4 Å². The number of nitrogens with one attached hydrogen (secondary N) is 1. The highest BCUT2D eigenvalue weighted by atomic mass is 15.3. The van der Waals surface area contributed by atoms with Crippen LogP contribution in [0.4, 0.5) is 0 Å². The molecule has 0 radical (unpaired) electrons. The summed E-state index contributed by atoms with van der Waals surface area (Å²) >= 11 is 0. The molecule has 0 aromatic carbocycles. The van der Waals surface area contributed by atoms with Crippen LogP contribution in [0.5, 0.6) is 0 Å². The van der Waals surface area contributed by atoms with Crippen molar-refractivity contribution in [1.29, 1.82) is 0 Å². The number of nitrogens with zero attached hydrogens (tertiary/aromatic N) is 3. The summed E-state index contributed by atoms with van der Waals surface area (Å²) in [6.45, 7) is 7.46. The molecule has 0 saturated heterocycles. The van der Waals surface area contributed by atoms with Crippen LogP contribution < -0.4 is 5.32 Å². The average Bonchev–Trinajstić information content (AvgIpc) is 3.09. The normalized spacial score (nSPS) is 18.3. The van der Waals surface area contributed by atoms with Gasteiger partial charge < -0.3 is 10.2 Å². The van der Waals surface area contributed by atoms with E-state index in [1.54, 1.807) is 0 Å². The number of rotatable bonds is 7. The predicted octanol–water partition coefficient (Wildman–Crippen LogP) is 2.43. The maximum Gasteiger partial charge on any atom is 0.0537 e. The third kappa shape index (κ3) is 4.05. The Balaban J connectivity index is 1.69. The molecule has 0 aliphatic heterocycles. The van der Waals surface area contributed by atoms with E-state index in [2.05, 4.69) is 42.4 Å². The Morgan fingerprint density at radius 1 is 1.47 bits per heavy atom. The fourth-order valence-corrected chi connectivity index (χ4v) is 2.88. The highest BCUT2D eigenvalue weighted by Gasteiger charge is 2.19. The molecule has 4 heteroatoms. The van der Waals surface area contributed by atoms with Gasteiger partial charge in [0.25, 0.3) is 0 Å². The molecule has 1 aliphatic rings. The first-order valence-corrected chi connectivity index (χ1v) is 7.66. The van der Waals surface area contributed by atoms with Crippen molar-refractivity contribution < 1.29 is 0 Å². The molecule has 1 saturated carbocycles. The number of hydrogen-bond donors (Lipinski definition) is 1. The van der Waals surface area contributed by atoms with Crippen molar-refractivity contribution in [3.05, 3.63) is 18.0 Å². The number of aryl methyl sites for hydroxylation is 1. The third-order valence-electron chi connectivity index (χ3n) is 4.34. The monoisotopic (exact) mass is 264 g/mol. The molecule has 0 bridgehead atoms. The Morgan fingerprint density at radius 2 is 2.21 bits per heavy atom. The predicted molar refractivity (Wildman–Crippen MR) is 79.2 cm³/mol. The summed E-state index contributed by atoms with van der Waals surface area (Å²) in [4.78, 5) is 2.52. The lowest BCUT2D eigenvalue weighted by molar-refractivity contribution is 0.243. The average molecular weight is 264 g/mol. The third-order valence-corrected chi connectivity index (χ3v) is 4.34. The lowest BCUT2D eigenvalue weighted by Gasteiger charge is -2.24. The van der Waals surface area contributed by atoms with Crippen LogP contribution in [0, 0.1) is 0 Å². The van der Waals surface area contributed by atoms with Gasteiger partial charge in [-0.1, -0.05) is 12.8 Å². The Kier molecular flexibility index (Phi) is 5.40. The first-order chi connectivity index (χ1) is 9.20. The second-order valence-electron chi connectivity index (χ2n) is 5.72. The van der Waals surface area contributed by atoms with Crippen LogP contribution in [0.2, 0.25) is 0 Å². The van der Waals surface area contributed by atoms with Gasteiger partial charge in [-0.3, -0.25) is 4.68 Å². The molecule has 2 rings (SSSR count). The van der Waals surface area contributed by atoms with Crippen molar-refractivity contribution >= 4 is 0 Å². The summed E-state index contributed by atoms with van der Waals surface area (Å²) in [7, 11) is 2.26. The molecule has 1 heterocycles. The molecule has 1 aliphatic carbocycles. The van der Waals surface area contributed by atoms with E-state index in [0.717, 1.165) is 25.7 Å². The smallest absolute Gasteiger partial charge is 0.0537 e. The van der Waals surface area contributed by atoms with Crippen LogP contribution in [-0.2, 0) is 6.54 Å². The first kappa shape index (κ1) is 14.5. The summed E-state index contributed by atoms with van der Waals surface area (Å²) in [5.41, 5.74) is 1.28. The fourth-order valence-electron chi connectivity index (χ4n) is 2.88. The second-order valence-corrected chi connectivity index (χ2v) is 5.72. The van der Waals surface area contributed by atoms with E-state index in [4.69, 9.17) is 0 Å². The van der Waals surface area contributed by atoms with Crippen LogP contribution in [0.3, 0.4) is 0 Å². The minimum Gasteiger partial charge on any atom is -0.309 e. The van der Waals surface area contributed by atoms with Crippen LogP contribution in [0.25, 0.3) is 0 Å². The largest absolute Gasteiger partial charge is 0.309 e. The molecule has 1 fully saturated rings. The standard InChI is InChI=1S/C15H28N4/c1-4-19-12-14(11-17-19)13(2)16-9-10-18(3)15-7-5-6-8-15/h11-13,15-16H,4-10H2,1-3H3. The number of likely N-dealkylation sites (N-methyl/N-ethyl adjacent to an activating group) is 1. The van der Waals surface area contributed by atoms with E-state index in [1.165, 1.54) is 31.2 Å². The molecule has 1 atom stereocenters. The Hall–Kier alpha value is -0.870. The molecule has 0 spiro atoms. The van der Waals surface area contributed by atoms with E-state index in [-0.39, 0.29) is 0 Å². The van der Waals surface area contributed by atoms with Gasteiger partial charge in [-0.2, -0.15) is 5.10 Å². The lowest BCUT2D eigenvalue weighted by Crippen LogP contribution is -2.36. The summed E-state index contributed by atoms with van der Waals surface area (Å²) in [6, 6.07) is 1.21. The van der Waals surface area contributed by atoms with Crippen molar-refractivity contribution in [2.75, 3.05) is 20.1 Å². The van der Waals surface area contributed by atoms with Crippen molar-refractivity contribution in [2.24, 2.45) is 0 Å². The Labute approximate surface area is 117 Å². The van der Waals surface area contributed by atoms with E-state index < -0.39 is 0 Å². The molecule has 4 nitrogen and oxygen atoms in total. The Morgan fingerprint density at radius 3 is 2.84 bits per heavy atom. The zero-order chi connectivity index (χ0) is 13.7. The molecule has 1 unspecified atom stereocenters. The summed E-state index contributed by atoms with van der Waals surface area (Å²) < 4.78 is 1.98. The SMILES string of the molecule is CCn1cc(C(C)NCCN(C)C2CCCC2)cn1. The molecule has 0 amide bonds. The minimum atomic E-state index is 0.386. The maximum atomic E-state index is 4.33. The molecular formula is C15H28N4. The van der Waals surface area contributed by atoms with Gasteiger partial charge in [-0.25, -0.2) is 0 Å². The van der Waals surface area contributed by atoms with Gasteiger partial charge in [0, 0.05) is 43.5 Å².